The van der Waals surface area contributed by atoms with Gasteiger partial charge in [0.1, 0.15) is 6.29 Å². The van der Waals surface area contributed by atoms with Crippen LogP contribution in [0.4, 0.5) is 4.79 Å². The smallest absolute Gasteiger partial charge is 0.301 e. The number of hydrogen-bond donors (Lipinski definition) is 1. The van der Waals surface area contributed by atoms with Gasteiger partial charge in [0.15, 0.2) is 0 Å². The summed E-state index contributed by atoms with van der Waals surface area (Å²) in [5, 5.41) is 0.873. The first-order valence-electron chi connectivity index (χ1n) is 6.14. The maximum atomic E-state index is 11.9. The normalized spacial score (nSPS) is 10.3. The number of rotatable bonds is 5. The summed E-state index contributed by atoms with van der Waals surface area (Å²) in [5.41, 5.74) is 0.819. The molecule has 6 nitrogen and oxygen atoms in total. The lowest BCUT2D eigenvalue weighted by atomic mass is 10.2. The minimum atomic E-state index is -0.706. The highest BCUT2D eigenvalue weighted by Gasteiger charge is 2.22. The van der Waals surface area contributed by atoms with Crippen LogP contribution in [0.5, 0.6) is 0 Å². The number of hydrogen-bond acceptors (Lipinski definition) is 4. The molecule has 0 unspecified atom stereocenters. The second kappa shape index (κ2) is 7.85. The fourth-order valence-corrected chi connectivity index (χ4v) is 1.45. The molecule has 0 atom stereocenters. The molecule has 0 saturated heterocycles. The molecule has 20 heavy (non-hydrogen) atoms. The Morgan fingerprint density at radius 1 is 1.25 bits per heavy atom. The number of benzene rings is 1. The molecule has 106 valence electrons. The van der Waals surface area contributed by atoms with Gasteiger partial charge in [-0.3, -0.25) is 14.7 Å². The third-order valence-corrected chi connectivity index (χ3v) is 2.56. The van der Waals surface area contributed by atoms with Crippen molar-refractivity contribution in [2.45, 2.75) is 6.92 Å². The second-order valence-electron chi connectivity index (χ2n) is 3.93. The summed E-state index contributed by atoms with van der Waals surface area (Å²) in [6, 6.07) is 8.44. The Hall–Kier alpha value is -2.47. The first-order chi connectivity index (χ1) is 9.60. The summed E-state index contributed by atoms with van der Waals surface area (Å²) in [7, 11) is 0. The number of nitrogens with zero attached hydrogens (tertiary/aromatic N) is 2. The monoisotopic (exact) mass is 275 g/mol. The van der Waals surface area contributed by atoms with Crippen molar-refractivity contribution in [1.29, 1.82) is 0 Å². The maximum absolute atomic E-state index is 11.9. The predicted molar refractivity (Wildman–Crippen MR) is 75.2 cm³/mol. The zero-order valence-corrected chi connectivity index (χ0v) is 11.2. The SMILES string of the molecule is CCN(N)C(=O)N(CC=O)C(=O)/C=C/c1ccccc1. The largest absolute Gasteiger partial charge is 0.341 e. The van der Waals surface area contributed by atoms with Crippen LogP contribution < -0.4 is 5.84 Å². The maximum Gasteiger partial charge on any atom is 0.341 e. The molecule has 1 aromatic rings. The molecule has 0 bridgehead atoms. The minimum Gasteiger partial charge on any atom is -0.301 e. The Morgan fingerprint density at radius 2 is 1.90 bits per heavy atom. The van der Waals surface area contributed by atoms with Crippen molar-refractivity contribution >= 4 is 24.3 Å². The van der Waals surface area contributed by atoms with Crippen molar-refractivity contribution in [3.63, 3.8) is 0 Å². The van der Waals surface area contributed by atoms with Crippen LogP contribution in [0.15, 0.2) is 36.4 Å². The molecular formula is C14H17N3O3. The molecular weight excluding hydrogens is 258 g/mol. The second-order valence-corrected chi connectivity index (χ2v) is 3.93. The Kier molecular flexibility index (Phi) is 6.12. The zero-order chi connectivity index (χ0) is 15.0. The molecule has 1 rings (SSSR count). The minimum absolute atomic E-state index is 0.240. The Morgan fingerprint density at radius 3 is 2.45 bits per heavy atom. The van der Waals surface area contributed by atoms with E-state index in [-0.39, 0.29) is 13.1 Å². The van der Waals surface area contributed by atoms with E-state index in [0.717, 1.165) is 15.5 Å². The molecule has 1 aromatic carbocycles. The number of urea groups is 1. The molecule has 0 aliphatic heterocycles. The number of amides is 3. The lowest BCUT2D eigenvalue weighted by Crippen LogP contribution is -2.49. The summed E-state index contributed by atoms with van der Waals surface area (Å²) < 4.78 is 0. The molecule has 3 amide bonds. The molecule has 0 aromatic heterocycles. The number of nitrogens with two attached hydrogens (primary N) is 1. The lowest BCUT2D eigenvalue weighted by Gasteiger charge is -2.22. The fourth-order valence-electron chi connectivity index (χ4n) is 1.45. The molecule has 0 radical (unpaired) electrons. The molecule has 0 saturated carbocycles. The van der Waals surface area contributed by atoms with Crippen LogP contribution in [0.1, 0.15) is 12.5 Å². The first-order valence-corrected chi connectivity index (χ1v) is 6.14. The van der Waals surface area contributed by atoms with Gasteiger partial charge in [-0.1, -0.05) is 30.3 Å². The van der Waals surface area contributed by atoms with Crippen LogP contribution in [-0.4, -0.2) is 41.2 Å². The summed E-state index contributed by atoms with van der Waals surface area (Å²) in [4.78, 5) is 35.1. The van der Waals surface area contributed by atoms with Crippen molar-refractivity contribution in [2.24, 2.45) is 5.84 Å². The highest BCUT2D eigenvalue weighted by Crippen LogP contribution is 2.03. The van der Waals surface area contributed by atoms with Crippen LogP contribution in [0, 0.1) is 0 Å². The topological polar surface area (TPSA) is 83.7 Å². The van der Waals surface area contributed by atoms with Crippen molar-refractivity contribution in [3.8, 4) is 0 Å². The summed E-state index contributed by atoms with van der Waals surface area (Å²) in [6.45, 7) is 1.58. The van der Waals surface area contributed by atoms with Gasteiger partial charge in [0.2, 0.25) is 0 Å². The summed E-state index contributed by atoms with van der Waals surface area (Å²) in [6.07, 6.45) is 3.29. The molecule has 0 aliphatic carbocycles. The van der Waals surface area contributed by atoms with Gasteiger partial charge in [-0.25, -0.2) is 10.6 Å². The first kappa shape index (κ1) is 15.6. The third kappa shape index (κ3) is 4.33. The van der Waals surface area contributed by atoms with E-state index in [1.165, 1.54) is 6.08 Å². The highest BCUT2D eigenvalue weighted by atomic mass is 16.2. The number of imide groups is 1. The van der Waals surface area contributed by atoms with E-state index in [4.69, 9.17) is 5.84 Å². The van der Waals surface area contributed by atoms with Crippen LogP contribution in [0.2, 0.25) is 0 Å². The Bertz CT molecular complexity index is 500. The number of carbonyl (C=O) groups is 3. The van der Waals surface area contributed by atoms with Crippen molar-refractivity contribution in [1.82, 2.24) is 9.91 Å². The average molecular weight is 275 g/mol. The van der Waals surface area contributed by atoms with E-state index >= 15 is 0 Å². The van der Waals surface area contributed by atoms with E-state index in [0.29, 0.717) is 6.29 Å². The Labute approximate surface area is 117 Å². The van der Waals surface area contributed by atoms with Gasteiger partial charge in [0.05, 0.1) is 6.54 Å². The van der Waals surface area contributed by atoms with Crippen LogP contribution in [0.25, 0.3) is 6.08 Å². The van der Waals surface area contributed by atoms with E-state index < -0.39 is 11.9 Å². The van der Waals surface area contributed by atoms with Crippen LogP contribution in [0.3, 0.4) is 0 Å². The van der Waals surface area contributed by atoms with Gasteiger partial charge in [0.25, 0.3) is 5.91 Å². The fraction of sp³-hybridized carbons (Fsp3) is 0.214. The van der Waals surface area contributed by atoms with Gasteiger partial charge in [-0.05, 0) is 18.6 Å². The molecule has 0 heterocycles. The molecule has 6 heteroatoms. The van der Waals surface area contributed by atoms with E-state index in [1.807, 2.05) is 30.3 Å². The van der Waals surface area contributed by atoms with Crippen LogP contribution in [-0.2, 0) is 9.59 Å². The summed E-state index contributed by atoms with van der Waals surface area (Å²) in [5.74, 6) is 4.85. The average Bonchev–Trinajstić information content (AvgIpc) is 2.49. The van der Waals surface area contributed by atoms with Crippen molar-refractivity contribution < 1.29 is 14.4 Å². The van der Waals surface area contributed by atoms with Crippen molar-refractivity contribution in [3.05, 3.63) is 42.0 Å². The zero-order valence-electron chi connectivity index (χ0n) is 11.2. The van der Waals surface area contributed by atoms with E-state index in [2.05, 4.69) is 0 Å². The third-order valence-electron chi connectivity index (χ3n) is 2.56. The van der Waals surface area contributed by atoms with Gasteiger partial charge in [-0.2, -0.15) is 0 Å². The highest BCUT2D eigenvalue weighted by molar-refractivity contribution is 6.03. The van der Waals surface area contributed by atoms with Gasteiger partial charge in [0, 0.05) is 12.6 Å². The molecule has 0 spiro atoms. The number of hydrazine groups is 1. The lowest BCUT2D eigenvalue weighted by molar-refractivity contribution is -0.126. The van der Waals surface area contributed by atoms with E-state index in [9.17, 15) is 14.4 Å². The number of aldehydes is 1. The Balaban J connectivity index is 2.81. The van der Waals surface area contributed by atoms with E-state index in [1.54, 1.807) is 13.0 Å². The van der Waals surface area contributed by atoms with Gasteiger partial charge >= 0.3 is 6.03 Å². The molecule has 2 N–H and O–H groups in total. The quantitative estimate of drug-likeness (QED) is 0.286. The van der Waals surface area contributed by atoms with Gasteiger partial charge < -0.3 is 4.79 Å². The van der Waals surface area contributed by atoms with Crippen LogP contribution >= 0.6 is 0 Å². The molecule has 0 fully saturated rings. The predicted octanol–water partition coefficient (Wildman–Crippen LogP) is 1.04. The number of carbonyl (C=O) groups excluding carboxylic acids is 3. The standard InChI is InChI=1S/C14H17N3O3/c1-2-17(15)14(20)16(10-11-18)13(19)9-8-12-6-4-3-5-7-12/h3-9,11H,2,10,15H2,1H3/b9-8+. The van der Waals surface area contributed by atoms with Crippen molar-refractivity contribution in [2.75, 3.05) is 13.1 Å². The molecule has 0 aliphatic rings. The summed E-state index contributed by atoms with van der Waals surface area (Å²) >= 11 is 0. The van der Waals surface area contributed by atoms with Gasteiger partial charge in [-0.15, -0.1) is 0 Å².